The number of hydrogen-bond acceptors (Lipinski definition) is 0. The molecule has 98 valence electrons. The number of allylic oxidation sites excluding steroid dienone is 4. The highest BCUT2D eigenvalue weighted by Gasteiger charge is 2.26. The van der Waals surface area contributed by atoms with Gasteiger partial charge in [0.2, 0.25) is 0 Å². The van der Waals surface area contributed by atoms with Crippen molar-refractivity contribution in [3.63, 3.8) is 0 Å². The second-order valence-electron chi connectivity index (χ2n) is 6.26. The molecule has 0 saturated carbocycles. The SMILES string of the molecule is CCC(C1=CC=CCC1)C(CC(C)C)C(C)C. The van der Waals surface area contributed by atoms with Gasteiger partial charge >= 0.3 is 0 Å². The smallest absolute Gasteiger partial charge is 0.0172 e. The highest BCUT2D eigenvalue weighted by atomic mass is 14.3. The van der Waals surface area contributed by atoms with Crippen LogP contribution >= 0.6 is 0 Å². The average Bonchev–Trinajstić information content (AvgIpc) is 2.29. The fourth-order valence-corrected chi connectivity index (χ4v) is 3.22. The van der Waals surface area contributed by atoms with Crippen LogP contribution in [0.15, 0.2) is 23.8 Å². The Morgan fingerprint density at radius 2 is 1.88 bits per heavy atom. The van der Waals surface area contributed by atoms with E-state index in [0.29, 0.717) is 0 Å². The Bertz CT molecular complexity index is 268. The van der Waals surface area contributed by atoms with Crippen molar-refractivity contribution in [2.75, 3.05) is 0 Å². The van der Waals surface area contributed by atoms with Gasteiger partial charge in [0.15, 0.2) is 0 Å². The monoisotopic (exact) mass is 234 g/mol. The van der Waals surface area contributed by atoms with Gasteiger partial charge in [-0.05, 0) is 49.4 Å². The van der Waals surface area contributed by atoms with Crippen molar-refractivity contribution < 1.29 is 0 Å². The number of rotatable bonds is 6. The van der Waals surface area contributed by atoms with Crippen molar-refractivity contribution >= 4 is 0 Å². The molecule has 0 nitrogen and oxygen atoms in total. The van der Waals surface area contributed by atoms with Crippen molar-refractivity contribution in [2.45, 2.75) is 60.3 Å². The van der Waals surface area contributed by atoms with Crippen LogP contribution in [0, 0.1) is 23.7 Å². The van der Waals surface area contributed by atoms with E-state index in [9.17, 15) is 0 Å². The molecule has 1 aliphatic rings. The molecule has 0 radical (unpaired) electrons. The first-order valence-corrected chi connectivity index (χ1v) is 7.41. The van der Waals surface area contributed by atoms with Gasteiger partial charge in [-0.1, -0.05) is 58.4 Å². The minimum absolute atomic E-state index is 0.800. The van der Waals surface area contributed by atoms with E-state index in [2.05, 4.69) is 52.8 Å². The molecule has 1 rings (SSSR count). The Balaban J connectivity index is 2.80. The molecule has 0 fully saturated rings. The lowest BCUT2D eigenvalue weighted by Gasteiger charge is -2.33. The van der Waals surface area contributed by atoms with E-state index >= 15 is 0 Å². The van der Waals surface area contributed by atoms with E-state index in [1.807, 2.05) is 0 Å². The van der Waals surface area contributed by atoms with Gasteiger partial charge < -0.3 is 0 Å². The van der Waals surface area contributed by atoms with E-state index in [1.54, 1.807) is 5.57 Å². The third-order valence-electron chi connectivity index (χ3n) is 4.08. The Hall–Kier alpha value is -0.520. The molecule has 2 unspecified atom stereocenters. The quantitative estimate of drug-likeness (QED) is 0.560. The fraction of sp³-hybridized carbons (Fsp3) is 0.765. The van der Waals surface area contributed by atoms with E-state index in [-0.39, 0.29) is 0 Å². The summed E-state index contributed by atoms with van der Waals surface area (Å²) in [5.41, 5.74) is 1.70. The van der Waals surface area contributed by atoms with Crippen molar-refractivity contribution in [2.24, 2.45) is 23.7 Å². The largest absolute Gasteiger partial charge is 0.0842 e. The molecule has 0 aromatic heterocycles. The molecule has 0 aliphatic heterocycles. The molecular weight excluding hydrogens is 204 g/mol. The van der Waals surface area contributed by atoms with Crippen LogP contribution in [0.5, 0.6) is 0 Å². The maximum atomic E-state index is 2.40. The second-order valence-corrected chi connectivity index (χ2v) is 6.26. The molecule has 17 heavy (non-hydrogen) atoms. The van der Waals surface area contributed by atoms with Gasteiger partial charge in [0.05, 0.1) is 0 Å². The molecule has 0 N–H and O–H groups in total. The summed E-state index contributed by atoms with van der Waals surface area (Å²) in [6.45, 7) is 11.9. The molecule has 0 heterocycles. The summed E-state index contributed by atoms with van der Waals surface area (Å²) in [4.78, 5) is 0. The van der Waals surface area contributed by atoms with Crippen LogP contribution in [-0.2, 0) is 0 Å². The standard InChI is InChI=1S/C17H30/c1-6-16(15-10-8-7-9-11-15)17(14(4)5)12-13(2)3/h7-8,10,13-14,16-17H,6,9,11-12H2,1-5H3. The third-order valence-corrected chi connectivity index (χ3v) is 4.08. The van der Waals surface area contributed by atoms with Gasteiger partial charge in [-0.3, -0.25) is 0 Å². The van der Waals surface area contributed by atoms with Crippen molar-refractivity contribution in [3.05, 3.63) is 23.8 Å². The minimum Gasteiger partial charge on any atom is -0.0842 e. The summed E-state index contributed by atoms with van der Waals surface area (Å²) in [6, 6.07) is 0. The van der Waals surface area contributed by atoms with Crippen LogP contribution in [0.2, 0.25) is 0 Å². The fourth-order valence-electron chi connectivity index (χ4n) is 3.22. The molecule has 0 bridgehead atoms. The molecule has 0 amide bonds. The molecule has 0 aromatic rings. The molecule has 1 aliphatic carbocycles. The minimum atomic E-state index is 0.800. The molecule has 0 heteroatoms. The second kappa shape index (κ2) is 7.03. The van der Waals surface area contributed by atoms with E-state index in [1.165, 1.54) is 25.7 Å². The van der Waals surface area contributed by atoms with E-state index in [4.69, 9.17) is 0 Å². The average molecular weight is 234 g/mol. The van der Waals surface area contributed by atoms with E-state index < -0.39 is 0 Å². The Kier molecular flexibility index (Phi) is 6.02. The molecule has 2 atom stereocenters. The first-order valence-electron chi connectivity index (χ1n) is 7.41. The summed E-state index contributed by atoms with van der Waals surface area (Å²) in [5, 5.41) is 0. The van der Waals surface area contributed by atoms with Gasteiger partial charge in [-0.2, -0.15) is 0 Å². The first kappa shape index (κ1) is 14.5. The Morgan fingerprint density at radius 3 is 2.29 bits per heavy atom. The van der Waals surface area contributed by atoms with Gasteiger partial charge in [-0.15, -0.1) is 0 Å². The lowest BCUT2D eigenvalue weighted by Crippen LogP contribution is -2.24. The normalized spacial score (nSPS) is 19.6. The molecule has 0 aromatic carbocycles. The van der Waals surface area contributed by atoms with Gasteiger partial charge in [0, 0.05) is 0 Å². The summed E-state index contributed by atoms with van der Waals surface area (Å²) in [7, 11) is 0. The maximum Gasteiger partial charge on any atom is -0.0172 e. The number of hydrogen-bond donors (Lipinski definition) is 0. The molecular formula is C17H30. The van der Waals surface area contributed by atoms with Crippen molar-refractivity contribution in [1.29, 1.82) is 0 Å². The van der Waals surface area contributed by atoms with Crippen LogP contribution in [-0.4, -0.2) is 0 Å². The van der Waals surface area contributed by atoms with Gasteiger partial charge in [0.1, 0.15) is 0 Å². The van der Waals surface area contributed by atoms with Crippen molar-refractivity contribution in [3.8, 4) is 0 Å². The van der Waals surface area contributed by atoms with Gasteiger partial charge in [0.25, 0.3) is 0 Å². The Labute approximate surface area is 108 Å². The van der Waals surface area contributed by atoms with Crippen LogP contribution in [0.1, 0.15) is 60.3 Å². The zero-order chi connectivity index (χ0) is 12.8. The van der Waals surface area contributed by atoms with Gasteiger partial charge in [-0.25, -0.2) is 0 Å². The molecule has 0 spiro atoms. The first-order chi connectivity index (χ1) is 8.06. The predicted octanol–water partition coefficient (Wildman–Crippen LogP) is 5.61. The highest BCUT2D eigenvalue weighted by Crippen LogP contribution is 2.37. The summed E-state index contributed by atoms with van der Waals surface area (Å²) in [6.07, 6.45) is 12.1. The van der Waals surface area contributed by atoms with Crippen LogP contribution in [0.4, 0.5) is 0 Å². The van der Waals surface area contributed by atoms with Crippen LogP contribution in [0.3, 0.4) is 0 Å². The third kappa shape index (κ3) is 4.33. The maximum absolute atomic E-state index is 2.40. The highest BCUT2D eigenvalue weighted by molar-refractivity contribution is 5.20. The zero-order valence-corrected chi connectivity index (χ0v) is 12.4. The van der Waals surface area contributed by atoms with Crippen LogP contribution in [0.25, 0.3) is 0 Å². The zero-order valence-electron chi connectivity index (χ0n) is 12.4. The summed E-state index contributed by atoms with van der Waals surface area (Å²) < 4.78 is 0. The van der Waals surface area contributed by atoms with Crippen molar-refractivity contribution in [1.82, 2.24) is 0 Å². The molecule has 0 saturated heterocycles. The van der Waals surface area contributed by atoms with E-state index in [0.717, 1.165) is 23.7 Å². The summed E-state index contributed by atoms with van der Waals surface area (Å²) >= 11 is 0. The lowest BCUT2D eigenvalue weighted by molar-refractivity contribution is 0.230. The van der Waals surface area contributed by atoms with Crippen LogP contribution < -0.4 is 0 Å². The summed E-state index contributed by atoms with van der Waals surface area (Å²) in [5.74, 6) is 3.28. The lowest BCUT2D eigenvalue weighted by atomic mass is 9.72. The topological polar surface area (TPSA) is 0 Å². The predicted molar refractivity (Wildman–Crippen MR) is 78.0 cm³/mol. The Morgan fingerprint density at radius 1 is 1.18 bits per heavy atom.